The topological polar surface area (TPSA) is 93.5 Å². The Morgan fingerprint density at radius 3 is 2.91 bits per heavy atom. The first-order valence-corrected chi connectivity index (χ1v) is 7.32. The zero-order valence-corrected chi connectivity index (χ0v) is 13.2. The summed E-state index contributed by atoms with van der Waals surface area (Å²) < 4.78 is 6.26. The van der Waals surface area contributed by atoms with Gasteiger partial charge in [-0.05, 0) is 12.8 Å². The highest BCUT2D eigenvalue weighted by Gasteiger charge is 2.30. The summed E-state index contributed by atoms with van der Waals surface area (Å²) in [6.07, 6.45) is 6.96. The summed E-state index contributed by atoms with van der Waals surface area (Å²) in [5.74, 6) is -0.464. The molecule has 0 aliphatic carbocycles. The lowest BCUT2D eigenvalue weighted by Gasteiger charge is -2.32. The van der Waals surface area contributed by atoms with Gasteiger partial charge in [-0.15, -0.1) is 0 Å². The number of nitrogens with one attached hydrogen (secondary N) is 1. The summed E-state index contributed by atoms with van der Waals surface area (Å²) in [6.45, 7) is 1.04. The zero-order chi connectivity index (χ0) is 16.8. The van der Waals surface area contributed by atoms with Crippen molar-refractivity contribution in [1.82, 2.24) is 19.8 Å². The van der Waals surface area contributed by atoms with Crippen molar-refractivity contribution in [3.8, 4) is 0 Å². The lowest BCUT2D eigenvalue weighted by atomic mass is 10.0. The smallest absolute Gasteiger partial charge is 0.330 e. The van der Waals surface area contributed by atoms with Crippen LogP contribution in [0.1, 0.15) is 18.7 Å². The van der Waals surface area contributed by atoms with Crippen LogP contribution in [0.15, 0.2) is 24.5 Å². The number of imidazole rings is 1. The first-order valence-electron chi connectivity index (χ1n) is 7.32. The van der Waals surface area contributed by atoms with Crippen molar-refractivity contribution >= 4 is 17.8 Å². The molecule has 2 heterocycles. The fourth-order valence-corrected chi connectivity index (χ4v) is 2.38. The normalized spacial score (nSPS) is 18.3. The molecule has 1 saturated heterocycles. The third kappa shape index (κ3) is 4.41. The standard InChI is InChI=1S/C15H20N4O4/c1-18-9-7-16-12(18)10-19-8-3-4-11(15(19)22)17-13(20)5-6-14(21)23-2/h5-7,9,11H,3-4,8,10H2,1-2H3,(H,17,20)/b6-5+. The van der Waals surface area contributed by atoms with Gasteiger partial charge in [0.1, 0.15) is 11.9 Å². The quantitative estimate of drug-likeness (QED) is 0.597. The number of rotatable bonds is 5. The predicted octanol–water partition coefficient (Wildman–Crippen LogP) is -0.243. The van der Waals surface area contributed by atoms with Crippen LogP contribution in [0.3, 0.4) is 0 Å². The molecule has 1 aliphatic rings. The van der Waals surface area contributed by atoms with Crippen molar-refractivity contribution in [2.75, 3.05) is 13.7 Å². The summed E-state index contributed by atoms with van der Waals surface area (Å²) in [5, 5.41) is 2.62. The van der Waals surface area contributed by atoms with Gasteiger partial charge in [-0.3, -0.25) is 9.59 Å². The van der Waals surface area contributed by atoms with Crippen molar-refractivity contribution < 1.29 is 19.1 Å². The van der Waals surface area contributed by atoms with Crippen LogP contribution in [0.2, 0.25) is 0 Å². The second-order valence-corrected chi connectivity index (χ2v) is 5.27. The van der Waals surface area contributed by atoms with Gasteiger partial charge in [-0.25, -0.2) is 9.78 Å². The van der Waals surface area contributed by atoms with Crippen LogP contribution in [-0.4, -0.2) is 51.9 Å². The van der Waals surface area contributed by atoms with Gasteiger partial charge in [0.15, 0.2) is 0 Å². The number of amides is 2. The number of hydrogen-bond acceptors (Lipinski definition) is 5. The van der Waals surface area contributed by atoms with Gasteiger partial charge in [-0.1, -0.05) is 0 Å². The van der Waals surface area contributed by atoms with Crippen LogP contribution in [0.25, 0.3) is 0 Å². The molecule has 23 heavy (non-hydrogen) atoms. The van der Waals surface area contributed by atoms with E-state index in [9.17, 15) is 14.4 Å². The third-order valence-electron chi connectivity index (χ3n) is 3.67. The molecular weight excluding hydrogens is 300 g/mol. The van der Waals surface area contributed by atoms with Gasteiger partial charge in [-0.2, -0.15) is 0 Å². The molecule has 8 heteroatoms. The highest BCUT2D eigenvalue weighted by molar-refractivity contribution is 5.97. The second kappa shape index (κ2) is 7.57. The molecule has 8 nitrogen and oxygen atoms in total. The molecule has 1 atom stereocenters. The molecule has 1 aromatic rings. The fraction of sp³-hybridized carbons (Fsp3) is 0.467. The Morgan fingerprint density at radius 2 is 2.26 bits per heavy atom. The predicted molar refractivity (Wildman–Crippen MR) is 80.9 cm³/mol. The molecule has 0 saturated carbocycles. The van der Waals surface area contributed by atoms with E-state index in [-0.39, 0.29) is 5.91 Å². The number of aryl methyl sites for hydroxylation is 1. The van der Waals surface area contributed by atoms with Crippen LogP contribution in [0, 0.1) is 0 Å². The Hall–Kier alpha value is -2.64. The maximum atomic E-state index is 12.5. The van der Waals surface area contributed by atoms with E-state index in [0.29, 0.717) is 19.5 Å². The van der Waals surface area contributed by atoms with Gasteiger partial charge in [0, 0.05) is 38.1 Å². The maximum absolute atomic E-state index is 12.5. The SMILES string of the molecule is COC(=O)/C=C/C(=O)NC1CCCN(Cc2nccn2C)C1=O. The Balaban J connectivity index is 1.94. The first kappa shape index (κ1) is 16.7. The monoisotopic (exact) mass is 320 g/mol. The number of ether oxygens (including phenoxy) is 1. The van der Waals surface area contributed by atoms with E-state index in [2.05, 4.69) is 15.0 Å². The molecule has 0 aromatic carbocycles. The number of esters is 1. The lowest BCUT2D eigenvalue weighted by molar-refractivity contribution is -0.138. The fourth-order valence-electron chi connectivity index (χ4n) is 2.38. The number of piperidine rings is 1. The van der Waals surface area contributed by atoms with E-state index in [0.717, 1.165) is 24.4 Å². The van der Waals surface area contributed by atoms with E-state index in [1.807, 2.05) is 17.8 Å². The van der Waals surface area contributed by atoms with Crippen LogP contribution < -0.4 is 5.32 Å². The number of likely N-dealkylation sites (tertiary alicyclic amines) is 1. The molecule has 0 radical (unpaired) electrons. The molecule has 124 valence electrons. The minimum absolute atomic E-state index is 0.140. The Bertz CT molecular complexity index is 623. The van der Waals surface area contributed by atoms with Crippen LogP contribution in [0.4, 0.5) is 0 Å². The van der Waals surface area contributed by atoms with Crippen molar-refractivity contribution in [3.63, 3.8) is 0 Å². The highest BCUT2D eigenvalue weighted by atomic mass is 16.5. The molecule has 1 N–H and O–H groups in total. The van der Waals surface area contributed by atoms with E-state index < -0.39 is 17.9 Å². The van der Waals surface area contributed by atoms with Gasteiger partial charge >= 0.3 is 5.97 Å². The van der Waals surface area contributed by atoms with Crippen molar-refractivity contribution in [1.29, 1.82) is 0 Å². The molecule has 1 aliphatic heterocycles. The van der Waals surface area contributed by atoms with Crippen LogP contribution >= 0.6 is 0 Å². The van der Waals surface area contributed by atoms with Crippen molar-refractivity contribution in [3.05, 3.63) is 30.4 Å². The average Bonchev–Trinajstić information content (AvgIpc) is 2.94. The number of hydrogen-bond donors (Lipinski definition) is 1. The molecule has 0 bridgehead atoms. The number of aromatic nitrogens is 2. The van der Waals surface area contributed by atoms with Gasteiger partial charge in [0.25, 0.3) is 0 Å². The van der Waals surface area contributed by atoms with E-state index in [1.165, 1.54) is 7.11 Å². The molecule has 1 fully saturated rings. The minimum Gasteiger partial charge on any atom is -0.466 e. The first-order chi connectivity index (χ1) is 11.0. The van der Waals surface area contributed by atoms with Crippen LogP contribution in [0.5, 0.6) is 0 Å². The second-order valence-electron chi connectivity index (χ2n) is 5.27. The Morgan fingerprint density at radius 1 is 1.48 bits per heavy atom. The number of methoxy groups -OCH3 is 1. The molecule has 0 spiro atoms. The summed E-state index contributed by atoms with van der Waals surface area (Å²) >= 11 is 0. The van der Waals surface area contributed by atoms with Gasteiger partial charge in [0.2, 0.25) is 11.8 Å². The molecule has 1 unspecified atom stereocenters. The Labute approximate surface area is 134 Å². The summed E-state index contributed by atoms with van der Waals surface area (Å²) in [6, 6.07) is -0.584. The Kier molecular flexibility index (Phi) is 5.51. The highest BCUT2D eigenvalue weighted by Crippen LogP contribution is 2.14. The van der Waals surface area contributed by atoms with E-state index in [4.69, 9.17) is 0 Å². The number of carbonyl (C=O) groups is 3. The number of carbonyl (C=O) groups excluding carboxylic acids is 3. The number of nitrogens with zero attached hydrogens (tertiary/aromatic N) is 3. The zero-order valence-electron chi connectivity index (χ0n) is 13.2. The van der Waals surface area contributed by atoms with Crippen LogP contribution in [-0.2, 0) is 32.7 Å². The molecule has 1 aromatic heterocycles. The van der Waals surface area contributed by atoms with E-state index >= 15 is 0 Å². The van der Waals surface area contributed by atoms with Crippen molar-refractivity contribution in [2.24, 2.45) is 7.05 Å². The molecule has 2 amide bonds. The largest absolute Gasteiger partial charge is 0.466 e. The third-order valence-corrected chi connectivity index (χ3v) is 3.67. The lowest BCUT2D eigenvalue weighted by Crippen LogP contribution is -2.51. The molecular formula is C15H20N4O4. The average molecular weight is 320 g/mol. The van der Waals surface area contributed by atoms with Gasteiger partial charge < -0.3 is 19.5 Å². The maximum Gasteiger partial charge on any atom is 0.330 e. The summed E-state index contributed by atoms with van der Waals surface area (Å²) in [5.41, 5.74) is 0. The minimum atomic E-state index is -0.619. The molecule has 2 rings (SSSR count). The van der Waals surface area contributed by atoms with E-state index in [1.54, 1.807) is 11.1 Å². The summed E-state index contributed by atoms with van der Waals surface area (Å²) in [7, 11) is 3.10. The van der Waals surface area contributed by atoms with Gasteiger partial charge in [0.05, 0.1) is 13.7 Å². The summed E-state index contributed by atoms with van der Waals surface area (Å²) in [4.78, 5) is 41.1. The van der Waals surface area contributed by atoms with Crippen molar-refractivity contribution in [2.45, 2.75) is 25.4 Å².